The highest BCUT2D eigenvalue weighted by atomic mass is 19.4. The monoisotopic (exact) mass is 458 g/mol. The smallest absolute Gasteiger partial charge is 0.418 e. The van der Waals surface area contributed by atoms with E-state index in [0.29, 0.717) is 17.6 Å². The summed E-state index contributed by atoms with van der Waals surface area (Å²) in [6.07, 6.45) is -4.49. The van der Waals surface area contributed by atoms with E-state index < -0.39 is 11.7 Å². The molecule has 0 unspecified atom stereocenters. The topological polar surface area (TPSA) is 27.1 Å². The van der Waals surface area contributed by atoms with Crippen LogP contribution in [-0.2, 0) is 12.7 Å². The highest BCUT2D eigenvalue weighted by Crippen LogP contribution is 2.38. The summed E-state index contributed by atoms with van der Waals surface area (Å²) in [4.78, 5) is 0. The van der Waals surface area contributed by atoms with Crippen LogP contribution in [0.4, 0.5) is 13.2 Å². The minimum Gasteiger partial charge on any atom is -0.497 e. The number of aromatic nitrogens is 2. The van der Waals surface area contributed by atoms with Crippen LogP contribution in [0.15, 0.2) is 97.1 Å². The molecular weight excluding hydrogens is 437 g/mol. The third-order valence-corrected chi connectivity index (χ3v) is 5.83. The predicted molar refractivity (Wildman–Crippen MR) is 128 cm³/mol. The number of hydrogen-bond donors (Lipinski definition) is 0. The van der Waals surface area contributed by atoms with Gasteiger partial charge >= 0.3 is 6.18 Å². The van der Waals surface area contributed by atoms with E-state index in [9.17, 15) is 13.2 Å². The molecule has 0 aliphatic rings. The van der Waals surface area contributed by atoms with Gasteiger partial charge < -0.3 is 4.74 Å². The van der Waals surface area contributed by atoms with Gasteiger partial charge in [-0.3, -0.25) is 4.68 Å². The SMILES string of the molecule is COc1ccc(-c2ccc(-c3c4cccc(C(F)(F)F)c4nn3Cc3ccccc3)cc2)cc1. The van der Waals surface area contributed by atoms with Crippen LogP contribution in [0.1, 0.15) is 11.1 Å². The van der Waals surface area contributed by atoms with E-state index in [-0.39, 0.29) is 5.52 Å². The summed E-state index contributed by atoms with van der Waals surface area (Å²) in [5.74, 6) is 0.775. The molecule has 0 spiro atoms. The lowest BCUT2D eigenvalue weighted by atomic mass is 10.0. The Hall–Kier alpha value is -4.06. The second kappa shape index (κ2) is 8.71. The summed E-state index contributed by atoms with van der Waals surface area (Å²) in [5, 5.41) is 4.91. The largest absolute Gasteiger partial charge is 0.497 e. The molecule has 0 atom stereocenters. The van der Waals surface area contributed by atoms with Crippen molar-refractivity contribution in [2.75, 3.05) is 7.11 Å². The van der Waals surface area contributed by atoms with Crippen molar-refractivity contribution in [1.29, 1.82) is 0 Å². The van der Waals surface area contributed by atoms with Crippen molar-refractivity contribution in [2.24, 2.45) is 0 Å². The average Bonchev–Trinajstić information content (AvgIpc) is 3.22. The lowest BCUT2D eigenvalue weighted by molar-refractivity contribution is -0.136. The third-order valence-electron chi connectivity index (χ3n) is 5.83. The van der Waals surface area contributed by atoms with Gasteiger partial charge in [-0.05, 0) is 34.9 Å². The van der Waals surface area contributed by atoms with E-state index >= 15 is 0 Å². The quantitative estimate of drug-likeness (QED) is 0.274. The highest BCUT2D eigenvalue weighted by Gasteiger charge is 2.34. The van der Waals surface area contributed by atoms with E-state index in [0.717, 1.165) is 34.1 Å². The minimum atomic E-state index is -4.49. The molecule has 0 bridgehead atoms. The van der Waals surface area contributed by atoms with Gasteiger partial charge in [-0.1, -0.05) is 78.9 Å². The van der Waals surface area contributed by atoms with Crippen LogP contribution in [0, 0.1) is 0 Å². The van der Waals surface area contributed by atoms with Crippen LogP contribution >= 0.6 is 0 Å². The summed E-state index contributed by atoms with van der Waals surface area (Å²) in [6.45, 7) is 0.363. The van der Waals surface area contributed by atoms with E-state index in [1.807, 2.05) is 78.9 Å². The molecule has 1 heterocycles. The molecule has 0 amide bonds. The van der Waals surface area contributed by atoms with E-state index in [2.05, 4.69) is 5.10 Å². The first-order valence-corrected chi connectivity index (χ1v) is 10.8. The van der Waals surface area contributed by atoms with Gasteiger partial charge in [0.05, 0.1) is 24.9 Å². The van der Waals surface area contributed by atoms with Crippen LogP contribution in [-0.4, -0.2) is 16.9 Å². The minimum absolute atomic E-state index is 0.0415. The first-order chi connectivity index (χ1) is 16.4. The van der Waals surface area contributed by atoms with Crippen molar-refractivity contribution in [2.45, 2.75) is 12.7 Å². The fraction of sp³-hybridized carbons (Fsp3) is 0.107. The van der Waals surface area contributed by atoms with Gasteiger partial charge in [-0.2, -0.15) is 18.3 Å². The van der Waals surface area contributed by atoms with Crippen LogP contribution in [0.3, 0.4) is 0 Å². The molecule has 0 fully saturated rings. The average molecular weight is 458 g/mol. The number of rotatable bonds is 5. The second-order valence-electron chi connectivity index (χ2n) is 8.00. The van der Waals surface area contributed by atoms with Gasteiger partial charge in [0, 0.05) is 10.9 Å². The Morgan fingerprint density at radius 2 is 1.35 bits per heavy atom. The Kier molecular flexibility index (Phi) is 5.57. The van der Waals surface area contributed by atoms with Gasteiger partial charge in [0.15, 0.2) is 0 Å². The number of nitrogens with zero attached hydrogens (tertiary/aromatic N) is 2. The fourth-order valence-corrected chi connectivity index (χ4v) is 4.16. The summed E-state index contributed by atoms with van der Waals surface area (Å²) in [7, 11) is 1.62. The first kappa shape index (κ1) is 21.8. The second-order valence-corrected chi connectivity index (χ2v) is 8.00. The molecule has 0 aliphatic carbocycles. The zero-order chi connectivity index (χ0) is 23.7. The number of halogens is 3. The van der Waals surface area contributed by atoms with Crippen LogP contribution < -0.4 is 4.74 Å². The first-order valence-electron chi connectivity index (χ1n) is 10.8. The molecule has 3 nitrogen and oxygen atoms in total. The summed E-state index contributed by atoms with van der Waals surface area (Å²) in [5.41, 5.74) is 3.67. The van der Waals surface area contributed by atoms with Gasteiger partial charge in [-0.25, -0.2) is 0 Å². The standard InChI is InChI=1S/C28H21F3N2O/c1-34-23-16-14-21(15-17-23)20-10-12-22(13-11-20)27-24-8-5-9-25(28(29,30)31)26(24)32-33(27)18-19-6-3-2-4-7-19/h2-17H,18H2,1H3. The maximum absolute atomic E-state index is 13.7. The van der Waals surface area contributed by atoms with Gasteiger partial charge in [0.1, 0.15) is 11.3 Å². The van der Waals surface area contributed by atoms with Gasteiger partial charge in [0.2, 0.25) is 0 Å². The maximum Gasteiger partial charge on any atom is 0.418 e. The van der Waals surface area contributed by atoms with Crippen LogP contribution in [0.5, 0.6) is 5.75 Å². The molecule has 6 heteroatoms. The molecule has 0 radical (unpaired) electrons. The fourth-order valence-electron chi connectivity index (χ4n) is 4.16. The lowest BCUT2D eigenvalue weighted by Crippen LogP contribution is -2.06. The Balaban J connectivity index is 1.63. The van der Waals surface area contributed by atoms with Crippen molar-refractivity contribution in [1.82, 2.24) is 9.78 Å². The van der Waals surface area contributed by atoms with Crippen LogP contribution in [0.2, 0.25) is 0 Å². The number of ether oxygens (including phenoxy) is 1. The van der Waals surface area contributed by atoms with Crippen molar-refractivity contribution >= 4 is 10.9 Å². The number of alkyl halides is 3. The summed E-state index contributed by atoms with van der Waals surface area (Å²) in [6, 6.07) is 29.3. The predicted octanol–water partition coefficient (Wildman–Crippen LogP) is 7.45. The summed E-state index contributed by atoms with van der Waals surface area (Å²) < 4.78 is 48.1. The molecule has 4 aromatic carbocycles. The number of hydrogen-bond acceptors (Lipinski definition) is 2. The van der Waals surface area contributed by atoms with E-state index in [1.165, 1.54) is 6.07 Å². The molecule has 0 saturated heterocycles. The van der Waals surface area contributed by atoms with E-state index in [1.54, 1.807) is 17.9 Å². The third kappa shape index (κ3) is 4.15. The van der Waals surface area contributed by atoms with Crippen molar-refractivity contribution < 1.29 is 17.9 Å². The Labute approximate surface area is 195 Å². The molecule has 34 heavy (non-hydrogen) atoms. The number of benzene rings is 4. The molecule has 0 aliphatic heterocycles. The summed E-state index contributed by atoms with van der Waals surface area (Å²) >= 11 is 0. The van der Waals surface area contributed by atoms with Crippen LogP contribution in [0.25, 0.3) is 33.3 Å². The molecule has 0 saturated carbocycles. The van der Waals surface area contributed by atoms with Crippen molar-refractivity contribution in [3.63, 3.8) is 0 Å². The maximum atomic E-state index is 13.7. The molecule has 170 valence electrons. The molecule has 0 N–H and O–H groups in total. The molecule has 5 aromatic rings. The Morgan fingerprint density at radius 1 is 0.735 bits per heavy atom. The Morgan fingerprint density at radius 3 is 1.97 bits per heavy atom. The van der Waals surface area contributed by atoms with E-state index in [4.69, 9.17) is 4.74 Å². The molecular formula is C28H21F3N2O. The van der Waals surface area contributed by atoms with Gasteiger partial charge in [0.25, 0.3) is 0 Å². The normalized spacial score (nSPS) is 11.6. The zero-order valence-electron chi connectivity index (χ0n) is 18.4. The highest BCUT2D eigenvalue weighted by molar-refractivity contribution is 5.95. The number of methoxy groups -OCH3 is 1. The number of fused-ring (bicyclic) bond motifs is 1. The lowest BCUT2D eigenvalue weighted by Gasteiger charge is -2.10. The zero-order valence-corrected chi connectivity index (χ0v) is 18.4. The van der Waals surface area contributed by atoms with Crippen molar-refractivity contribution in [3.05, 3.63) is 108 Å². The Bertz CT molecular complexity index is 1420. The van der Waals surface area contributed by atoms with Gasteiger partial charge in [-0.15, -0.1) is 0 Å². The molecule has 5 rings (SSSR count). The van der Waals surface area contributed by atoms with Crippen molar-refractivity contribution in [3.8, 4) is 28.1 Å². The molecule has 1 aromatic heterocycles.